The topological polar surface area (TPSA) is 73.8 Å². The minimum Gasteiger partial charge on any atom is -0.337 e. The SMILES string of the molecule is Cc1c(-c2ccccc2)sc2ncn(Cc3nc(-c4cccc(C(F)(F)F)c4)no3)c(=O)c12. The molecule has 0 saturated carbocycles. The van der Waals surface area contributed by atoms with Crippen LogP contribution in [0.15, 0.2) is 70.2 Å². The van der Waals surface area contributed by atoms with Crippen LogP contribution < -0.4 is 5.56 Å². The van der Waals surface area contributed by atoms with Gasteiger partial charge in [-0.2, -0.15) is 18.2 Å². The van der Waals surface area contributed by atoms with Gasteiger partial charge in [-0.15, -0.1) is 11.3 Å². The fourth-order valence-electron chi connectivity index (χ4n) is 3.55. The second-order valence-corrected chi connectivity index (χ2v) is 8.37. The zero-order valence-electron chi connectivity index (χ0n) is 17.1. The summed E-state index contributed by atoms with van der Waals surface area (Å²) < 4.78 is 45.5. The van der Waals surface area contributed by atoms with Crippen LogP contribution >= 0.6 is 11.3 Å². The maximum absolute atomic E-state index is 13.1. The lowest BCUT2D eigenvalue weighted by atomic mass is 10.1. The van der Waals surface area contributed by atoms with Crippen molar-refractivity contribution in [3.05, 3.63) is 88.3 Å². The van der Waals surface area contributed by atoms with Crippen molar-refractivity contribution in [2.45, 2.75) is 19.6 Å². The predicted molar refractivity (Wildman–Crippen MR) is 118 cm³/mol. The molecule has 2 aromatic carbocycles. The molecule has 3 aromatic heterocycles. The summed E-state index contributed by atoms with van der Waals surface area (Å²) in [6.45, 7) is 1.83. The van der Waals surface area contributed by atoms with Gasteiger partial charge in [0.25, 0.3) is 5.56 Å². The van der Waals surface area contributed by atoms with Gasteiger partial charge in [0.2, 0.25) is 11.7 Å². The number of hydrogen-bond acceptors (Lipinski definition) is 6. The quantitative estimate of drug-likeness (QED) is 0.346. The molecule has 0 aliphatic carbocycles. The molecule has 0 aliphatic rings. The molecule has 0 amide bonds. The molecule has 0 spiro atoms. The number of aryl methyl sites for hydroxylation is 1. The van der Waals surface area contributed by atoms with Crippen molar-refractivity contribution in [1.82, 2.24) is 19.7 Å². The van der Waals surface area contributed by atoms with E-state index in [2.05, 4.69) is 15.1 Å². The highest BCUT2D eigenvalue weighted by Crippen LogP contribution is 2.35. The molecule has 0 radical (unpaired) electrons. The van der Waals surface area contributed by atoms with Gasteiger partial charge in [-0.3, -0.25) is 9.36 Å². The molecular weight excluding hydrogens is 453 g/mol. The van der Waals surface area contributed by atoms with Crippen LogP contribution in [0, 0.1) is 6.92 Å². The Morgan fingerprint density at radius 3 is 2.58 bits per heavy atom. The first kappa shape index (κ1) is 21.1. The van der Waals surface area contributed by atoms with E-state index in [0.29, 0.717) is 10.2 Å². The number of benzene rings is 2. The number of hydrogen-bond donors (Lipinski definition) is 0. The third-order valence-electron chi connectivity index (χ3n) is 5.18. The van der Waals surface area contributed by atoms with Crippen LogP contribution in [0.4, 0.5) is 13.2 Å². The summed E-state index contributed by atoms with van der Waals surface area (Å²) in [5.41, 5.74) is 0.950. The van der Waals surface area contributed by atoms with Crippen molar-refractivity contribution < 1.29 is 17.7 Å². The fourth-order valence-corrected chi connectivity index (χ4v) is 4.70. The lowest BCUT2D eigenvalue weighted by Crippen LogP contribution is -2.21. The maximum Gasteiger partial charge on any atom is 0.416 e. The Balaban J connectivity index is 1.47. The highest BCUT2D eigenvalue weighted by atomic mass is 32.1. The zero-order valence-corrected chi connectivity index (χ0v) is 17.9. The van der Waals surface area contributed by atoms with E-state index < -0.39 is 11.7 Å². The van der Waals surface area contributed by atoms with Gasteiger partial charge in [0.05, 0.1) is 17.3 Å². The van der Waals surface area contributed by atoms with Crippen molar-refractivity contribution in [2.24, 2.45) is 0 Å². The first-order chi connectivity index (χ1) is 15.8. The average Bonchev–Trinajstić information content (AvgIpc) is 3.41. The molecule has 166 valence electrons. The Morgan fingerprint density at radius 2 is 1.82 bits per heavy atom. The largest absolute Gasteiger partial charge is 0.416 e. The second kappa shape index (κ2) is 7.96. The van der Waals surface area contributed by atoms with Gasteiger partial charge < -0.3 is 4.52 Å². The van der Waals surface area contributed by atoms with E-state index in [-0.39, 0.29) is 29.4 Å². The number of aromatic nitrogens is 4. The van der Waals surface area contributed by atoms with Crippen LogP contribution in [-0.4, -0.2) is 19.7 Å². The number of nitrogens with zero attached hydrogens (tertiary/aromatic N) is 4. The van der Waals surface area contributed by atoms with Gasteiger partial charge in [0, 0.05) is 10.4 Å². The van der Waals surface area contributed by atoms with E-state index in [4.69, 9.17) is 4.52 Å². The molecule has 3 heterocycles. The molecule has 10 heteroatoms. The predicted octanol–water partition coefficient (Wildman–Crippen LogP) is 5.55. The minimum absolute atomic E-state index is 0.0104. The lowest BCUT2D eigenvalue weighted by molar-refractivity contribution is -0.137. The van der Waals surface area contributed by atoms with Crippen LogP contribution in [0.3, 0.4) is 0 Å². The third-order valence-corrected chi connectivity index (χ3v) is 6.42. The molecule has 5 aromatic rings. The van der Waals surface area contributed by atoms with Gasteiger partial charge >= 0.3 is 6.18 Å². The highest BCUT2D eigenvalue weighted by molar-refractivity contribution is 7.22. The van der Waals surface area contributed by atoms with E-state index in [0.717, 1.165) is 28.1 Å². The van der Waals surface area contributed by atoms with Crippen molar-refractivity contribution in [3.8, 4) is 21.8 Å². The van der Waals surface area contributed by atoms with Crippen LogP contribution in [0.25, 0.3) is 32.0 Å². The standard InChI is InChI=1S/C23H15F3N4O2S/c1-13-18-21(33-19(13)14-6-3-2-4-7-14)27-12-30(22(18)31)11-17-28-20(29-32-17)15-8-5-9-16(10-15)23(24,25)26/h2-10,12H,11H2,1H3. The zero-order chi connectivity index (χ0) is 23.2. The summed E-state index contributed by atoms with van der Waals surface area (Å²) in [6.07, 6.45) is -3.07. The van der Waals surface area contributed by atoms with E-state index in [1.807, 2.05) is 37.3 Å². The van der Waals surface area contributed by atoms with E-state index in [9.17, 15) is 18.0 Å². The molecule has 0 bridgehead atoms. The number of fused-ring (bicyclic) bond motifs is 1. The van der Waals surface area contributed by atoms with Crippen molar-refractivity contribution in [1.29, 1.82) is 0 Å². The monoisotopic (exact) mass is 468 g/mol. The van der Waals surface area contributed by atoms with Gasteiger partial charge in [-0.05, 0) is 30.2 Å². The Morgan fingerprint density at radius 1 is 1.06 bits per heavy atom. The molecule has 0 aliphatic heterocycles. The first-order valence-corrected chi connectivity index (χ1v) is 10.7. The second-order valence-electron chi connectivity index (χ2n) is 7.37. The van der Waals surface area contributed by atoms with Gasteiger partial charge in [0.15, 0.2) is 0 Å². The number of halogens is 3. The summed E-state index contributed by atoms with van der Waals surface area (Å²) in [5, 5.41) is 4.28. The molecule has 0 N–H and O–H groups in total. The van der Waals surface area contributed by atoms with Crippen LogP contribution in [0.1, 0.15) is 17.0 Å². The summed E-state index contributed by atoms with van der Waals surface area (Å²) in [6, 6.07) is 14.4. The third kappa shape index (κ3) is 3.93. The molecular formula is C23H15F3N4O2S. The fraction of sp³-hybridized carbons (Fsp3) is 0.130. The highest BCUT2D eigenvalue weighted by Gasteiger charge is 2.30. The maximum atomic E-state index is 13.1. The Kier molecular flexibility index (Phi) is 5.09. The lowest BCUT2D eigenvalue weighted by Gasteiger charge is -2.06. The molecule has 0 unspecified atom stereocenters. The summed E-state index contributed by atoms with van der Waals surface area (Å²) >= 11 is 1.44. The average molecular weight is 468 g/mol. The van der Waals surface area contributed by atoms with Crippen LogP contribution in [-0.2, 0) is 12.7 Å². The van der Waals surface area contributed by atoms with Crippen molar-refractivity contribution in [2.75, 3.05) is 0 Å². The first-order valence-electron chi connectivity index (χ1n) is 9.85. The van der Waals surface area contributed by atoms with Crippen molar-refractivity contribution in [3.63, 3.8) is 0 Å². The van der Waals surface area contributed by atoms with Crippen LogP contribution in [0.2, 0.25) is 0 Å². The number of thiophene rings is 1. The Hall–Kier alpha value is -3.79. The number of rotatable bonds is 4. The van der Waals surface area contributed by atoms with E-state index in [1.54, 1.807) is 0 Å². The Bertz CT molecular complexity index is 1520. The Labute approximate surface area is 189 Å². The smallest absolute Gasteiger partial charge is 0.337 e. The van der Waals surface area contributed by atoms with Gasteiger partial charge in [-0.25, -0.2) is 4.98 Å². The molecule has 33 heavy (non-hydrogen) atoms. The molecule has 6 nitrogen and oxygen atoms in total. The van der Waals surface area contributed by atoms with Gasteiger partial charge in [-0.1, -0.05) is 47.6 Å². The van der Waals surface area contributed by atoms with Gasteiger partial charge in [0.1, 0.15) is 11.4 Å². The minimum atomic E-state index is -4.48. The number of alkyl halides is 3. The van der Waals surface area contributed by atoms with E-state index in [1.165, 1.54) is 34.4 Å². The molecule has 0 atom stereocenters. The summed E-state index contributed by atoms with van der Waals surface area (Å²) in [7, 11) is 0. The van der Waals surface area contributed by atoms with Crippen molar-refractivity contribution >= 4 is 21.6 Å². The summed E-state index contributed by atoms with van der Waals surface area (Å²) in [4.78, 5) is 23.3. The molecule has 0 saturated heterocycles. The van der Waals surface area contributed by atoms with E-state index >= 15 is 0 Å². The van der Waals surface area contributed by atoms with Crippen LogP contribution in [0.5, 0.6) is 0 Å². The molecule has 0 fully saturated rings. The normalized spacial score (nSPS) is 11.9. The molecule has 5 rings (SSSR count). The summed E-state index contributed by atoms with van der Waals surface area (Å²) in [5.74, 6) is 0.0955.